The molecule has 0 unspecified atom stereocenters. The SMILES string of the molecule is CC(C)N(C)c1cc(-c2ccc(CCNC[C@@H](O)c3ccccc3)cc2)ccc1C(=O)O.Cl.Cl. The molecule has 0 bridgehead atoms. The van der Waals surface area contributed by atoms with E-state index in [4.69, 9.17) is 0 Å². The number of rotatable bonds is 10. The summed E-state index contributed by atoms with van der Waals surface area (Å²) in [6, 6.07) is 23.7. The first-order valence-electron chi connectivity index (χ1n) is 11.0. The highest BCUT2D eigenvalue weighted by atomic mass is 35.5. The predicted molar refractivity (Wildman–Crippen MR) is 145 cm³/mol. The molecule has 0 aliphatic carbocycles. The van der Waals surface area contributed by atoms with Gasteiger partial charge in [-0.3, -0.25) is 0 Å². The lowest BCUT2D eigenvalue weighted by Gasteiger charge is -2.26. The molecule has 0 aromatic heterocycles. The Morgan fingerprint density at radius 3 is 2.15 bits per heavy atom. The number of hydrogen-bond donors (Lipinski definition) is 3. The number of anilines is 1. The second-order valence-corrected chi connectivity index (χ2v) is 8.32. The number of benzene rings is 3. The van der Waals surface area contributed by atoms with Crippen molar-refractivity contribution >= 4 is 36.5 Å². The van der Waals surface area contributed by atoms with Crippen molar-refractivity contribution in [3.63, 3.8) is 0 Å². The minimum atomic E-state index is -0.917. The molecule has 7 heteroatoms. The molecule has 1 atom stereocenters. The van der Waals surface area contributed by atoms with Gasteiger partial charge in [-0.25, -0.2) is 4.79 Å². The zero-order valence-corrected chi connectivity index (χ0v) is 21.4. The molecular formula is C27H34Cl2N2O3. The Balaban J connectivity index is 0.00000289. The number of carboxylic acid groups (broad SMARTS) is 1. The van der Waals surface area contributed by atoms with E-state index in [1.807, 2.05) is 68.3 Å². The lowest BCUT2D eigenvalue weighted by atomic mass is 9.99. The summed E-state index contributed by atoms with van der Waals surface area (Å²) in [7, 11) is 1.92. The molecule has 5 nitrogen and oxygen atoms in total. The first kappa shape index (κ1) is 29.5. The summed E-state index contributed by atoms with van der Waals surface area (Å²) in [5.74, 6) is -0.917. The number of aromatic carboxylic acids is 1. The van der Waals surface area contributed by atoms with Crippen molar-refractivity contribution in [2.24, 2.45) is 0 Å². The van der Waals surface area contributed by atoms with Gasteiger partial charge in [-0.15, -0.1) is 24.8 Å². The summed E-state index contributed by atoms with van der Waals surface area (Å²) >= 11 is 0. The third kappa shape index (κ3) is 7.74. The molecule has 184 valence electrons. The summed E-state index contributed by atoms with van der Waals surface area (Å²) in [5, 5.41) is 23.1. The molecule has 0 saturated heterocycles. The molecule has 3 aromatic rings. The minimum absolute atomic E-state index is 0. The van der Waals surface area contributed by atoms with Gasteiger partial charge in [0.2, 0.25) is 0 Å². The number of halogens is 2. The van der Waals surface area contributed by atoms with Crippen molar-refractivity contribution in [3.8, 4) is 11.1 Å². The normalized spacial score (nSPS) is 11.3. The summed E-state index contributed by atoms with van der Waals surface area (Å²) in [6.07, 6.45) is 0.353. The van der Waals surface area contributed by atoms with Crippen molar-refractivity contribution in [1.29, 1.82) is 0 Å². The van der Waals surface area contributed by atoms with Crippen LogP contribution in [0.25, 0.3) is 11.1 Å². The molecule has 0 saturated carbocycles. The number of carbonyl (C=O) groups is 1. The molecule has 0 heterocycles. The highest BCUT2D eigenvalue weighted by Gasteiger charge is 2.16. The van der Waals surface area contributed by atoms with E-state index in [0.29, 0.717) is 12.1 Å². The average molecular weight is 505 g/mol. The topological polar surface area (TPSA) is 72.8 Å². The molecule has 0 radical (unpaired) electrons. The van der Waals surface area contributed by atoms with Crippen molar-refractivity contribution in [2.75, 3.05) is 25.0 Å². The minimum Gasteiger partial charge on any atom is -0.478 e. The fourth-order valence-corrected chi connectivity index (χ4v) is 3.59. The Hall–Kier alpha value is -2.57. The van der Waals surface area contributed by atoms with Crippen LogP contribution in [0.4, 0.5) is 5.69 Å². The lowest BCUT2D eigenvalue weighted by Crippen LogP contribution is -2.27. The predicted octanol–water partition coefficient (Wildman–Crippen LogP) is 5.61. The van der Waals surface area contributed by atoms with Crippen molar-refractivity contribution in [2.45, 2.75) is 32.4 Å². The average Bonchev–Trinajstić information content (AvgIpc) is 2.81. The summed E-state index contributed by atoms with van der Waals surface area (Å²) in [6.45, 7) is 5.38. The Kier molecular flexibility index (Phi) is 12.1. The van der Waals surface area contributed by atoms with E-state index in [1.54, 1.807) is 6.07 Å². The van der Waals surface area contributed by atoms with Crippen LogP contribution in [0.5, 0.6) is 0 Å². The van der Waals surface area contributed by atoms with Crippen LogP contribution < -0.4 is 10.2 Å². The molecule has 3 aromatic carbocycles. The molecule has 0 fully saturated rings. The Bertz CT molecular complexity index is 1030. The van der Waals surface area contributed by atoms with Gasteiger partial charge >= 0.3 is 5.97 Å². The van der Waals surface area contributed by atoms with E-state index in [2.05, 4.69) is 29.6 Å². The molecule has 3 N–H and O–H groups in total. The van der Waals surface area contributed by atoms with Crippen LogP contribution >= 0.6 is 24.8 Å². The van der Waals surface area contributed by atoms with Gasteiger partial charge in [0.25, 0.3) is 0 Å². The van der Waals surface area contributed by atoms with Gasteiger partial charge in [-0.05, 0) is 61.2 Å². The fraction of sp³-hybridized carbons (Fsp3) is 0.296. The van der Waals surface area contributed by atoms with Gasteiger partial charge in [-0.1, -0.05) is 60.7 Å². The second kappa shape index (κ2) is 14.0. The third-order valence-electron chi connectivity index (χ3n) is 5.78. The van der Waals surface area contributed by atoms with Gasteiger partial charge < -0.3 is 20.4 Å². The fourth-order valence-electron chi connectivity index (χ4n) is 3.59. The smallest absolute Gasteiger partial charge is 0.337 e. The van der Waals surface area contributed by atoms with Crippen molar-refractivity contribution < 1.29 is 15.0 Å². The molecule has 3 rings (SSSR count). The molecule has 34 heavy (non-hydrogen) atoms. The van der Waals surface area contributed by atoms with Crippen LogP contribution in [-0.4, -0.2) is 42.4 Å². The van der Waals surface area contributed by atoms with E-state index < -0.39 is 12.1 Å². The van der Waals surface area contributed by atoms with Gasteiger partial charge in [0, 0.05) is 19.6 Å². The maximum atomic E-state index is 11.6. The summed E-state index contributed by atoms with van der Waals surface area (Å²) in [4.78, 5) is 13.6. The highest BCUT2D eigenvalue weighted by molar-refractivity contribution is 5.95. The number of hydrogen-bond acceptors (Lipinski definition) is 4. The van der Waals surface area contributed by atoms with Gasteiger partial charge in [0.05, 0.1) is 17.4 Å². The third-order valence-corrected chi connectivity index (χ3v) is 5.78. The number of aliphatic hydroxyl groups is 1. The quantitative estimate of drug-likeness (QED) is 0.313. The molecule has 0 aliphatic heterocycles. The van der Waals surface area contributed by atoms with E-state index in [9.17, 15) is 15.0 Å². The van der Waals surface area contributed by atoms with Crippen molar-refractivity contribution in [3.05, 3.63) is 89.5 Å². The number of aliphatic hydroxyl groups excluding tert-OH is 1. The van der Waals surface area contributed by atoms with Crippen LogP contribution in [0, 0.1) is 0 Å². The van der Waals surface area contributed by atoms with E-state index in [1.165, 1.54) is 5.56 Å². The van der Waals surface area contributed by atoms with Gasteiger partial charge in [-0.2, -0.15) is 0 Å². The molecular weight excluding hydrogens is 471 g/mol. The van der Waals surface area contributed by atoms with Gasteiger partial charge in [0.1, 0.15) is 0 Å². The van der Waals surface area contributed by atoms with Crippen LogP contribution in [0.1, 0.15) is 41.4 Å². The Labute approximate surface area is 214 Å². The number of nitrogens with zero attached hydrogens (tertiary/aromatic N) is 1. The number of carboxylic acids is 1. The number of nitrogens with one attached hydrogen (secondary N) is 1. The maximum Gasteiger partial charge on any atom is 0.337 e. The van der Waals surface area contributed by atoms with E-state index >= 15 is 0 Å². The summed E-state index contributed by atoms with van der Waals surface area (Å²) < 4.78 is 0. The van der Waals surface area contributed by atoms with E-state index in [-0.39, 0.29) is 30.9 Å². The first-order valence-corrected chi connectivity index (χ1v) is 11.0. The Morgan fingerprint density at radius 1 is 0.941 bits per heavy atom. The zero-order valence-electron chi connectivity index (χ0n) is 19.8. The molecule has 0 amide bonds. The zero-order chi connectivity index (χ0) is 23.1. The highest BCUT2D eigenvalue weighted by Crippen LogP contribution is 2.29. The van der Waals surface area contributed by atoms with Crippen molar-refractivity contribution in [1.82, 2.24) is 5.32 Å². The van der Waals surface area contributed by atoms with Crippen LogP contribution in [0.15, 0.2) is 72.8 Å². The monoisotopic (exact) mass is 504 g/mol. The summed E-state index contributed by atoms with van der Waals surface area (Å²) in [5.41, 5.74) is 5.20. The second-order valence-electron chi connectivity index (χ2n) is 8.32. The van der Waals surface area contributed by atoms with E-state index in [0.717, 1.165) is 35.3 Å². The first-order chi connectivity index (χ1) is 15.4. The standard InChI is InChI=1S/C27H32N2O3.2ClH/c1-19(2)29(3)25-17-23(13-14-24(25)27(31)32)21-11-9-20(10-12-21)15-16-28-18-26(30)22-7-5-4-6-8-22;;/h4-14,17,19,26,28,30H,15-16,18H2,1-3H3,(H,31,32);2*1H/t26-;;/m1../s1. The van der Waals surface area contributed by atoms with Crippen LogP contribution in [0.2, 0.25) is 0 Å². The van der Waals surface area contributed by atoms with Gasteiger partial charge in [0.15, 0.2) is 0 Å². The van der Waals surface area contributed by atoms with Crippen LogP contribution in [0.3, 0.4) is 0 Å². The largest absolute Gasteiger partial charge is 0.478 e. The Morgan fingerprint density at radius 2 is 1.56 bits per heavy atom. The molecule has 0 aliphatic rings. The van der Waals surface area contributed by atoms with Crippen LogP contribution in [-0.2, 0) is 6.42 Å². The molecule has 0 spiro atoms. The maximum absolute atomic E-state index is 11.6. The lowest BCUT2D eigenvalue weighted by molar-refractivity contribution is 0.0697.